The minimum absolute atomic E-state index is 0.233. The molecule has 4 aromatic rings. The van der Waals surface area contributed by atoms with Crippen molar-refractivity contribution in [3.8, 4) is 11.3 Å². The van der Waals surface area contributed by atoms with E-state index in [4.69, 9.17) is 19.8 Å². The third kappa shape index (κ3) is 3.97. The van der Waals surface area contributed by atoms with E-state index in [0.29, 0.717) is 25.0 Å². The Morgan fingerprint density at radius 3 is 2.59 bits per heavy atom. The quantitative estimate of drug-likeness (QED) is 0.497. The maximum absolute atomic E-state index is 11.1. The van der Waals surface area contributed by atoms with Crippen LogP contribution >= 0.6 is 0 Å². The number of aromatic carboxylic acids is 1. The molecular formula is C23H22N6O3. The zero-order chi connectivity index (χ0) is 22.1. The number of hydrogen-bond acceptors (Lipinski definition) is 7. The van der Waals surface area contributed by atoms with Crippen LogP contribution in [0.25, 0.3) is 22.3 Å². The lowest BCUT2D eigenvalue weighted by Crippen LogP contribution is -2.37. The van der Waals surface area contributed by atoms with Gasteiger partial charge in [-0.1, -0.05) is 6.07 Å². The predicted octanol–water partition coefficient (Wildman–Crippen LogP) is 3.31. The normalized spacial score (nSPS) is 14.0. The number of morpholine rings is 1. The molecule has 0 spiro atoms. The highest BCUT2D eigenvalue weighted by Gasteiger charge is 2.17. The van der Waals surface area contributed by atoms with Crippen LogP contribution in [-0.4, -0.2) is 56.9 Å². The largest absolute Gasteiger partial charge is 0.478 e. The molecule has 1 aliphatic rings. The molecule has 0 bridgehead atoms. The summed E-state index contributed by atoms with van der Waals surface area (Å²) in [5.74, 6) is 0.289. The number of carbonyl (C=O) groups is 1. The summed E-state index contributed by atoms with van der Waals surface area (Å²) >= 11 is 0. The van der Waals surface area contributed by atoms with E-state index in [0.717, 1.165) is 41.1 Å². The number of nitrogens with one attached hydrogen (secondary N) is 1. The van der Waals surface area contributed by atoms with Crippen LogP contribution in [0.15, 0.2) is 54.9 Å². The maximum atomic E-state index is 11.1. The standard InChI is InChI=1S/C23H22N6O3/c1-28-14-24-19-12-16(4-7-20(19)28)18-13-21(25-17-5-2-15(3-6-17)22(30)31)27-23(26-18)29-8-10-32-11-9-29/h2-7,12-14H,8-11H2,1H3,(H,30,31)(H,25,26,27). The van der Waals surface area contributed by atoms with Crippen molar-refractivity contribution in [1.82, 2.24) is 19.5 Å². The molecule has 2 aromatic heterocycles. The average molecular weight is 430 g/mol. The maximum Gasteiger partial charge on any atom is 0.335 e. The van der Waals surface area contributed by atoms with Gasteiger partial charge in [0, 0.05) is 37.5 Å². The van der Waals surface area contributed by atoms with Crippen LogP contribution < -0.4 is 10.2 Å². The highest BCUT2D eigenvalue weighted by molar-refractivity contribution is 5.88. The second kappa shape index (κ2) is 8.27. The number of carboxylic acid groups (broad SMARTS) is 1. The van der Waals surface area contributed by atoms with Crippen molar-refractivity contribution < 1.29 is 14.6 Å². The fourth-order valence-electron chi connectivity index (χ4n) is 3.69. The first-order valence-electron chi connectivity index (χ1n) is 10.3. The van der Waals surface area contributed by atoms with Crippen LogP contribution in [0.5, 0.6) is 0 Å². The van der Waals surface area contributed by atoms with Crippen LogP contribution in [-0.2, 0) is 11.8 Å². The Labute approximate surface area is 184 Å². The van der Waals surface area contributed by atoms with Crippen molar-refractivity contribution in [3.05, 3.63) is 60.4 Å². The smallest absolute Gasteiger partial charge is 0.335 e. The van der Waals surface area contributed by atoms with Gasteiger partial charge in [-0.3, -0.25) is 0 Å². The predicted molar refractivity (Wildman–Crippen MR) is 121 cm³/mol. The molecule has 2 aromatic carbocycles. The second-order valence-electron chi connectivity index (χ2n) is 7.60. The summed E-state index contributed by atoms with van der Waals surface area (Å²) < 4.78 is 7.45. The Bertz CT molecular complexity index is 1280. The third-order valence-corrected chi connectivity index (χ3v) is 5.43. The molecule has 0 saturated carbocycles. The van der Waals surface area contributed by atoms with Gasteiger partial charge in [0.15, 0.2) is 0 Å². The SMILES string of the molecule is Cn1cnc2cc(-c3cc(Nc4ccc(C(=O)O)cc4)nc(N4CCOCC4)n3)ccc21. The van der Waals surface area contributed by atoms with Crippen LogP contribution in [0.2, 0.25) is 0 Å². The van der Waals surface area contributed by atoms with Crippen molar-refractivity contribution >= 4 is 34.5 Å². The number of benzene rings is 2. The summed E-state index contributed by atoms with van der Waals surface area (Å²) in [6.07, 6.45) is 1.79. The van der Waals surface area contributed by atoms with Crippen molar-refractivity contribution in [2.24, 2.45) is 7.05 Å². The van der Waals surface area contributed by atoms with Crippen molar-refractivity contribution in [2.75, 3.05) is 36.5 Å². The molecule has 9 heteroatoms. The zero-order valence-corrected chi connectivity index (χ0v) is 17.5. The molecular weight excluding hydrogens is 408 g/mol. The van der Waals surface area contributed by atoms with E-state index in [2.05, 4.69) is 15.2 Å². The summed E-state index contributed by atoms with van der Waals surface area (Å²) in [5.41, 5.74) is 4.64. The number of carboxylic acids is 1. The number of fused-ring (bicyclic) bond motifs is 1. The van der Waals surface area contributed by atoms with Gasteiger partial charge in [-0.15, -0.1) is 0 Å². The summed E-state index contributed by atoms with van der Waals surface area (Å²) in [7, 11) is 1.97. The topological polar surface area (TPSA) is 105 Å². The molecule has 1 aliphatic heterocycles. The summed E-state index contributed by atoms with van der Waals surface area (Å²) in [4.78, 5) is 27.2. The lowest BCUT2D eigenvalue weighted by Gasteiger charge is -2.27. The number of imidazole rings is 1. The van der Waals surface area contributed by atoms with E-state index in [1.165, 1.54) is 0 Å². The highest BCUT2D eigenvalue weighted by Crippen LogP contribution is 2.27. The minimum Gasteiger partial charge on any atom is -0.478 e. The van der Waals surface area contributed by atoms with E-state index in [-0.39, 0.29) is 5.56 Å². The first kappa shape index (κ1) is 20.0. The molecule has 32 heavy (non-hydrogen) atoms. The lowest BCUT2D eigenvalue weighted by atomic mass is 10.1. The van der Waals surface area contributed by atoms with Gasteiger partial charge in [-0.2, -0.15) is 4.98 Å². The summed E-state index contributed by atoms with van der Waals surface area (Å²) in [6.45, 7) is 2.70. The van der Waals surface area contributed by atoms with E-state index in [9.17, 15) is 4.79 Å². The molecule has 2 N–H and O–H groups in total. The van der Waals surface area contributed by atoms with E-state index < -0.39 is 5.97 Å². The summed E-state index contributed by atoms with van der Waals surface area (Å²) in [5, 5.41) is 12.4. The van der Waals surface area contributed by atoms with Crippen molar-refractivity contribution in [3.63, 3.8) is 0 Å². The van der Waals surface area contributed by atoms with Crippen LogP contribution in [0.3, 0.4) is 0 Å². The minimum atomic E-state index is -0.958. The molecule has 3 heterocycles. The Balaban J connectivity index is 1.53. The van der Waals surface area contributed by atoms with Gasteiger partial charge in [0.1, 0.15) is 5.82 Å². The Morgan fingerprint density at radius 2 is 1.84 bits per heavy atom. The average Bonchev–Trinajstić information content (AvgIpc) is 3.20. The fourth-order valence-corrected chi connectivity index (χ4v) is 3.69. The third-order valence-electron chi connectivity index (χ3n) is 5.43. The number of aromatic nitrogens is 4. The molecule has 1 saturated heterocycles. The highest BCUT2D eigenvalue weighted by atomic mass is 16.5. The van der Waals surface area contributed by atoms with Gasteiger partial charge in [0.2, 0.25) is 5.95 Å². The zero-order valence-electron chi connectivity index (χ0n) is 17.5. The number of ether oxygens (including phenoxy) is 1. The molecule has 9 nitrogen and oxygen atoms in total. The van der Waals surface area contributed by atoms with Gasteiger partial charge < -0.3 is 24.6 Å². The fraction of sp³-hybridized carbons (Fsp3) is 0.217. The molecule has 0 amide bonds. The molecule has 0 aliphatic carbocycles. The van der Waals surface area contributed by atoms with Crippen LogP contribution in [0.1, 0.15) is 10.4 Å². The first-order chi connectivity index (χ1) is 15.6. The first-order valence-corrected chi connectivity index (χ1v) is 10.3. The van der Waals surface area contributed by atoms with Gasteiger partial charge >= 0.3 is 5.97 Å². The van der Waals surface area contributed by atoms with Gasteiger partial charge in [0.25, 0.3) is 0 Å². The molecule has 5 rings (SSSR count). The molecule has 162 valence electrons. The Kier molecular flexibility index (Phi) is 5.16. The summed E-state index contributed by atoms with van der Waals surface area (Å²) in [6, 6.07) is 14.5. The van der Waals surface area contributed by atoms with E-state index in [1.54, 1.807) is 30.6 Å². The Hall–Kier alpha value is -3.98. The van der Waals surface area contributed by atoms with Gasteiger partial charge in [0.05, 0.1) is 41.8 Å². The van der Waals surface area contributed by atoms with Crippen LogP contribution in [0, 0.1) is 0 Å². The van der Waals surface area contributed by atoms with Crippen molar-refractivity contribution in [1.29, 1.82) is 0 Å². The molecule has 0 unspecified atom stereocenters. The van der Waals surface area contributed by atoms with Gasteiger partial charge in [-0.05, 0) is 36.4 Å². The van der Waals surface area contributed by atoms with Gasteiger partial charge in [-0.25, -0.2) is 14.8 Å². The molecule has 0 radical (unpaired) electrons. The Morgan fingerprint density at radius 1 is 1.06 bits per heavy atom. The monoisotopic (exact) mass is 430 g/mol. The van der Waals surface area contributed by atoms with E-state index in [1.807, 2.05) is 35.9 Å². The number of anilines is 3. The van der Waals surface area contributed by atoms with Crippen molar-refractivity contribution in [2.45, 2.75) is 0 Å². The van der Waals surface area contributed by atoms with Crippen LogP contribution in [0.4, 0.5) is 17.5 Å². The molecule has 1 fully saturated rings. The van der Waals surface area contributed by atoms with E-state index >= 15 is 0 Å². The number of rotatable bonds is 5. The lowest BCUT2D eigenvalue weighted by molar-refractivity contribution is 0.0697. The number of aryl methyl sites for hydroxylation is 1. The number of nitrogens with zero attached hydrogens (tertiary/aromatic N) is 5. The second-order valence-corrected chi connectivity index (χ2v) is 7.60. The number of hydrogen-bond donors (Lipinski definition) is 2. The molecule has 0 atom stereocenters.